The lowest BCUT2D eigenvalue weighted by Gasteiger charge is -2.14. The van der Waals surface area contributed by atoms with E-state index >= 15 is 0 Å². The van der Waals surface area contributed by atoms with Gasteiger partial charge in [-0.05, 0) is 31.5 Å². The number of carbonyl (C=O) groups excluding carboxylic acids is 1. The summed E-state index contributed by atoms with van der Waals surface area (Å²) in [4.78, 5) is 12.1. The number of hydrogen-bond donors (Lipinski definition) is 1. The van der Waals surface area contributed by atoms with E-state index in [9.17, 15) is 9.18 Å². The fourth-order valence-corrected chi connectivity index (χ4v) is 2.66. The minimum Gasteiger partial charge on any atom is -0.342 e. The van der Waals surface area contributed by atoms with Gasteiger partial charge in [0.2, 0.25) is 0 Å². The predicted octanol–water partition coefficient (Wildman–Crippen LogP) is 2.51. The Bertz CT molecular complexity index is 700. The molecule has 1 aromatic carbocycles. The molecular formula is C14H14ClFN4O. The molecular weight excluding hydrogens is 295 g/mol. The van der Waals surface area contributed by atoms with Crippen molar-refractivity contribution in [1.82, 2.24) is 20.1 Å². The molecule has 1 unspecified atom stereocenters. The van der Waals surface area contributed by atoms with Crippen molar-refractivity contribution in [3.05, 3.63) is 46.3 Å². The predicted molar refractivity (Wildman–Crippen MR) is 75.6 cm³/mol. The average Bonchev–Trinajstić information content (AvgIpc) is 3.00. The summed E-state index contributed by atoms with van der Waals surface area (Å²) in [6.45, 7) is 2.66. The number of rotatable bonds is 3. The SMILES string of the molecule is CC(NC(=O)c1ccc(Cl)cc1F)c1nnc2n1CCC2. The molecule has 110 valence electrons. The van der Waals surface area contributed by atoms with Gasteiger partial charge in [0.15, 0.2) is 5.82 Å². The van der Waals surface area contributed by atoms with Crippen LogP contribution in [0.2, 0.25) is 5.02 Å². The van der Waals surface area contributed by atoms with Crippen molar-refractivity contribution in [3.63, 3.8) is 0 Å². The van der Waals surface area contributed by atoms with E-state index < -0.39 is 11.7 Å². The van der Waals surface area contributed by atoms with E-state index in [0.717, 1.165) is 31.3 Å². The third kappa shape index (κ3) is 2.63. The first-order chi connectivity index (χ1) is 10.1. The molecule has 0 saturated heterocycles. The number of hydrogen-bond acceptors (Lipinski definition) is 3. The average molecular weight is 309 g/mol. The molecule has 2 aromatic rings. The molecule has 0 spiro atoms. The fourth-order valence-electron chi connectivity index (χ4n) is 2.51. The second kappa shape index (κ2) is 5.44. The highest BCUT2D eigenvalue weighted by molar-refractivity contribution is 6.30. The van der Waals surface area contributed by atoms with Crippen LogP contribution in [0.5, 0.6) is 0 Å². The zero-order chi connectivity index (χ0) is 15.0. The smallest absolute Gasteiger partial charge is 0.254 e. The summed E-state index contributed by atoms with van der Waals surface area (Å²) in [5.74, 6) is 0.500. The Morgan fingerprint density at radius 2 is 2.29 bits per heavy atom. The summed E-state index contributed by atoms with van der Waals surface area (Å²) < 4.78 is 15.7. The molecule has 1 amide bonds. The maximum Gasteiger partial charge on any atom is 0.254 e. The third-order valence-electron chi connectivity index (χ3n) is 3.55. The molecule has 2 heterocycles. The first-order valence-corrected chi connectivity index (χ1v) is 7.12. The van der Waals surface area contributed by atoms with E-state index in [1.54, 1.807) is 6.92 Å². The van der Waals surface area contributed by atoms with Crippen molar-refractivity contribution in [2.75, 3.05) is 0 Å². The quantitative estimate of drug-likeness (QED) is 0.947. The highest BCUT2D eigenvalue weighted by Gasteiger charge is 2.23. The Kier molecular flexibility index (Phi) is 3.63. The fraction of sp³-hybridized carbons (Fsp3) is 0.357. The Hall–Kier alpha value is -1.95. The van der Waals surface area contributed by atoms with Crippen molar-refractivity contribution in [2.45, 2.75) is 32.4 Å². The van der Waals surface area contributed by atoms with Crippen LogP contribution >= 0.6 is 11.6 Å². The van der Waals surface area contributed by atoms with Gasteiger partial charge in [-0.3, -0.25) is 4.79 Å². The summed E-state index contributed by atoms with van der Waals surface area (Å²) in [5.41, 5.74) is -0.0348. The van der Waals surface area contributed by atoms with Gasteiger partial charge in [-0.1, -0.05) is 11.6 Å². The number of nitrogens with zero attached hydrogens (tertiary/aromatic N) is 3. The highest BCUT2D eigenvalue weighted by Crippen LogP contribution is 2.20. The normalized spacial score (nSPS) is 14.8. The monoisotopic (exact) mass is 308 g/mol. The van der Waals surface area contributed by atoms with Crippen LogP contribution in [0, 0.1) is 5.82 Å². The van der Waals surface area contributed by atoms with Gasteiger partial charge in [0.05, 0.1) is 11.6 Å². The van der Waals surface area contributed by atoms with Crippen LogP contribution < -0.4 is 5.32 Å². The molecule has 21 heavy (non-hydrogen) atoms. The van der Waals surface area contributed by atoms with E-state index in [2.05, 4.69) is 15.5 Å². The second-order valence-electron chi connectivity index (χ2n) is 5.05. The Morgan fingerprint density at radius 3 is 3.05 bits per heavy atom. The van der Waals surface area contributed by atoms with Crippen LogP contribution in [-0.2, 0) is 13.0 Å². The summed E-state index contributed by atoms with van der Waals surface area (Å²) >= 11 is 5.68. The molecule has 3 rings (SSSR count). The molecule has 0 bridgehead atoms. The van der Waals surface area contributed by atoms with Gasteiger partial charge < -0.3 is 9.88 Å². The lowest BCUT2D eigenvalue weighted by molar-refractivity contribution is 0.0933. The van der Waals surface area contributed by atoms with Crippen LogP contribution in [-0.4, -0.2) is 20.7 Å². The molecule has 0 aliphatic carbocycles. The van der Waals surface area contributed by atoms with Gasteiger partial charge in [0.25, 0.3) is 5.91 Å². The number of aryl methyl sites for hydroxylation is 1. The first kappa shape index (κ1) is 14.0. The van der Waals surface area contributed by atoms with Gasteiger partial charge in [0, 0.05) is 18.0 Å². The van der Waals surface area contributed by atoms with Crippen LogP contribution in [0.3, 0.4) is 0 Å². The molecule has 1 aliphatic rings. The minimum absolute atomic E-state index is 0.0348. The molecule has 1 atom stereocenters. The maximum atomic E-state index is 13.7. The van der Waals surface area contributed by atoms with Crippen LogP contribution in [0.4, 0.5) is 4.39 Å². The van der Waals surface area contributed by atoms with E-state index in [4.69, 9.17) is 11.6 Å². The maximum absolute atomic E-state index is 13.7. The lowest BCUT2D eigenvalue weighted by Crippen LogP contribution is -2.29. The Balaban J connectivity index is 1.77. The first-order valence-electron chi connectivity index (χ1n) is 6.74. The number of halogens is 2. The van der Waals surface area contributed by atoms with E-state index in [1.165, 1.54) is 12.1 Å². The van der Waals surface area contributed by atoms with Gasteiger partial charge in [0.1, 0.15) is 11.6 Å². The van der Waals surface area contributed by atoms with Gasteiger partial charge >= 0.3 is 0 Å². The third-order valence-corrected chi connectivity index (χ3v) is 3.78. The summed E-state index contributed by atoms with van der Waals surface area (Å²) in [7, 11) is 0. The number of nitrogens with one attached hydrogen (secondary N) is 1. The van der Waals surface area contributed by atoms with Crippen LogP contribution in [0.15, 0.2) is 18.2 Å². The van der Waals surface area contributed by atoms with Gasteiger partial charge in [-0.25, -0.2) is 4.39 Å². The number of fused-ring (bicyclic) bond motifs is 1. The Labute approximate surface area is 126 Å². The number of benzene rings is 1. The number of amides is 1. The molecule has 1 aliphatic heterocycles. The molecule has 0 radical (unpaired) electrons. The molecule has 1 N–H and O–H groups in total. The van der Waals surface area contributed by atoms with Crippen molar-refractivity contribution in [1.29, 1.82) is 0 Å². The molecule has 1 aromatic heterocycles. The van der Waals surface area contributed by atoms with Crippen LogP contribution in [0.1, 0.15) is 41.4 Å². The van der Waals surface area contributed by atoms with E-state index in [1.807, 2.05) is 4.57 Å². The van der Waals surface area contributed by atoms with E-state index in [-0.39, 0.29) is 16.6 Å². The van der Waals surface area contributed by atoms with Gasteiger partial charge in [-0.15, -0.1) is 10.2 Å². The molecule has 5 nitrogen and oxygen atoms in total. The Morgan fingerprint density at radius 1 is 1.48 bits per heavy atom. The topological polar surface area (TPSA) is 59.8 Å². The van der Waals surface area contributed by atoms with Crippen molar-refractivity contribution in [2.24, 2.45) is 0 Å². The van der Waals surface area contributed by atoms with Gasteiger partial charge in [-0.2, -0.15) is 0 Å². The second-order valence-corrected chi connectivity index (χ2v) is 5.49. The summed E-state index contributed by atoms with van der Waals surface area (Å²) in [6.07, 6.45) is 1.93. The summed E-state index contributed by atoms with van der Waals surface area (Å²) in [5, 5.41) is 11.2. The van der Waals surface area contributed by atoms with Crippen molar-refractivity contribution >= 4 is 17.5 Å². The standard InChI is InChI=1S/C14H14ClFN4O/c1-8(13-19-18-12-3-2-6-20(12)13)17-14(21)10-5-4-9(15)7-11(10)16/h4-5,7-8H,2-3,6H2,1H3,(H,17,21). The van der Waals surface area contributed by atoms with Crippen LogP contribution in [0.25, 0.3) is 0 Å². The lowest BCUT2D eigenvalue weighted by atomic mass is 10.2. The van der Waals surface area contributed by atoms with Crippen molar-refractivity contribution in [3.8, 4) is 0 Å². The molecule has 7 heteroatoms. The van der Waals surface area contributed by atoms with E-state index in [0.29, 0.717) is 5.82 Å². The summed E-state index contributed by atoms with van der Waals surface area (Å²) in [6, 6.07) is 3.63. The molecule has 0 fully saturated rings. The zero-order valence-corrected chi connectivity index (χ0v) is 12.2. The minimum atomic E-state index is -0.640. The largest absolute Gasteiger partial charge is 0.342 e. The number of carbonyl (C=O) groups is 1. The zero-order valence-electron chi connectivity index (χ0n) is 11.4. The molecule has 0 saturated carbocycles. The van der Waals surface area contributed by atoms with Crippen molar-refractivity contribution < 1.29 is 9.18 Å². The number of aromatic nitrogens is 3. The highest BCUT2D eigenvalue weighted by atomic mass is 35.5.